The Kier molecular flexibility index (Phi) is 5.93. The summed E-state index contributed by atoms with van der Waals surface area (Å²) >= 11 is 0. The Morgan fingerprint density at radius 2 is 1.86 bits per heavy atom. The third-order valence-electron chi connectivity index (χ3n) is 3.77. The standard InChI is InChI=1S/C15H22N2O4S/c16-22(19,20)12-14-6-8-17(9-7-14)10-15(18)21-11-13-4-2-1-3-5-13/h1-5,14H,6-12H2,(H2,16,19,20). The summed E-state index contributed by atoms with van der Waals surface area (Å²) in [4.78, 5) is 13.8. The first kappa shape index (κ1) is 16.9. The van der Waals surface area contributed by atoms with E-state index in [0.29, 0.717) is 13.1 Å². The zero-order valence-electron chi connectivity index (χ0n) is 12.5. The Hall–Kier alpha value is -1.44. The highest BCUT2D eigenvalue weighted by atomic mass is 32.2. The lowest BCUT2D eigenvalue weighted by molar-refractivity contribution is -0.146. The second kappa shape index (κ2) is 7.71. The molecular formula is C15H22N2O4S. The summed E-state index contributed by atoms with van der Waals surface area (Å²) in [6.07, 6.45) is 1.48. The largest absolute Gasteiger partial charge is 0.460 e. The molecule has 0 bridgehead atoms. The minimum absolute atomic E-state index is 0.0271. The van der Waals surface area contributed by atoms with E-state index >= 15 is 0 Å². The van der Waals surface area contributed by atoms with Crippen LogP contribution in [0.1, 0.15) is 18.4 Å². The number of carbonyl (C=O) groups is 1. The minimum atomic E-state index is -3.41. The van der Waals surface area contributed by atoms with Gasteiger partial charge in [-0.05, 0) is 37.4 Å². The van der Waals surface area contributed by atoms with E-state index in [4.69, 9.17) is 9.88 Å². The van der Waals surface area contributed by atoms with Crippen molar-refractivity contribution in [1.82, 2.24) is 4.90 Å². The van der Waals surface area contributed by atoms with Gasteiger partial charge >= 0.3 is 5.97 Å². The van der Waals surface area contributed by atoms with E-state index in [2.05, 4.69) is 0 Å². The molecule has 1 saturated heterocycles. The summed E-state index contributed by atoms with van der Waals surface area (Å²) in [5, 5.41) is 5.06. The van der Waals surface area contributed by atoms with Gasteiger partial charge in [-0.2, -0.15) is 0 Å². The Morgan fingerprint density at radius 1 is 1.23 bits per heavy atom. The summed E-state index contributed by atoms with van der Waals surface area (Å²) < 4.78 is 27.4. The third kappa shape index (κ3) is 6.13. The Labute approximate surface area is 131 Å². The van der Waals surface area contributed by atoms with Gasteiger partial charge in [0.25, 0.3) is 0 Å². The molecule has 1 aliphatic heterocycles. The smallest absolute Gasteiger partial charge is 0.320 e. The predicted molar refractivity (Wildman–Crippen MR) is 83.4 cm³/mol. The molecule has 0 radical (unpaired) electrons. The van der Waals surface area contributed by atoms with Crippen LogP contribution in [0.15, 0.2) is 30.3 Å². The number of sulfonamides is 1. The van der Waals surface area contributed by atoms with Crippen LogP contribution in [0.5, 0.6) is 0 Å². The fourth-order valence-corrected chi connectivity index (χ4v) is 3.60. The SMILES string of the molecule is NS(=O)(=O)CC1CCN(CC(=O)OCc2ccccc2)CC1. The molecule has 1 aliphatic rings. The van der Waals surface area contributed by atoms with Crippen molar-refractivity contribution in [3.8, 4) is 0 Å². The van der Waals surface area contributed by atoms with Crippen molar-refractivity contribution in [2.45, 2.75) is 19.4 Å². The molecule has 22 heavy (non-hydrogen) atoms. The summed E-state index contributed by atoms with van der Waals surface area (Å²) in [6, 6.07) is 9.54. The maximum absolute atomic E-state index is 11.8. The summed E-state index contributed by atoms with van der Waals surface area (Å²) in [5.41, 5.74) is 0.961. The number of nitrogens with two attached hydrogens (primary N) is 1. The van der Waals surface area contributed by atoms with Crippen molar-refractivity contribution in [3.63, 3.8) is 0 Å². The van der Waals surface area contributed by atoms with Crippen LogP contribution < -0.4 is 5.14 Å². The van der Waals surface area contributed by atoms with Crippen LogP contribution in [0.2, 0.25) is 0 Å². The van der Waals surface area contributed by atoms with E-state index in [1.165, 1.54) is 0 Å². The fourth-order valence-electron chi connectivity index (χ4n) is 2.61. The monoisotopic (exact) mass is 326 g/mol. The second-order valence-corrected chi connectivity index (χ2v) is 7.35. The first-order valence-corrected chi connectivity index (χ1v) is 9.06. The van der Waals surface area contributed by atoms with Gasteiger partial charge in [0.2, 0.25) is 10.0 Å². The molecule has 0 aliphatic carbocycles. The van der Waals surface area contributed by atoms with Gasteiger partial charge in [-0.25, -0.2) is 13.6 Å². The van der Waals surface area contributed by atoms with Crippen LogP contribution in [-0.4, -0.2) is 44.7 Å². The number of piperidine rings is 1. The molecule has 2 N–H and O–H groups in total. The topological polar surface area (TPSA) is 89.7 Å². The zero-order valence-corrected chi connectivity index (χ0v) is 13.3. The van der Waals surface area contributed by atoms with Gasteiger partial charge in [0, 0.05) is 0 Å². The van der Waals surface area contributed by atoms with Crippen LogP contribution >= 0.6 is 0 Å². The number of nitrogens with zero attached hydrogens (tertiary/aromatic N) is 1. The minimum Gasteiger partial charge on any atom is -0.460 e. The Morgan fingerprint density at radius 3 is 2.45 bits per heavy atom. The van der Waals surface area contributed by atoms with Crippen LogP contribution in [0.4, 0.5) is 0 Å². The van der Waals surface area contributed by atoms with Crippen molar-refractivity contribution < 1.29 is 17.9 Å². The van der Waals surface area contributed by atoms with Crippen LogP contribution in [0.25, 0.3) is 0 Å². The van der Waals surface area contributed by atoms with E-state index in [1.807, 2.05) is 35.2 Å². The summed E-state index contributed by atoms with van der Waals surface area (Å²) in [7, 11) is -3.41. The number of benzene rings is 1. The Bertz CT molecular complexity index is 581. The summed E-state index contributed by atoms with van der Waals surface area (Å²) in [6.45, 7) is 1.91. The lowest BCUT2D eigenvalue weighted by atomic mass is 9.99. The van der Waals surface area contributed by atoms with E-state index in [-0.39, 0.29) is 30.8 Å². The van der Waals surface area contributed by atoms with Crippen LogP contribution in [-0.2, 0) is 26.2 Å². The third-order valence-corrected chi connectivity index (χ3v) is 4.71. The van der Waals surface area contributed by atoms with Gasteiger partial charge in [-0.3, -0.25) is 9.69 Å². The molecule has 7 heteroatoms. The molecule has 122 valence electrons. The maximum atomic E-state index is 11.8. The average molecular weight is 326 g/mol. The molecule has 1 heterocycles. The highest BCUT2D eigenvalue weighted by Crippen LogP contribution is 2.18. The van der Waals surface area contributed by atoms with Crippen molar-refractivity contribution in [1.29, 1.82) is 0 Å². The first-order chi connectivity index (χ1) is 10.4. The van der Waals surface area contributed by atoms with Gasteiger partial charge in [-0.15, -0.1) is 0 Å². The number of hydrogen-bond donors (Lipinski definition) is 1. The first-order valence-electron chi connectivity index (χ1n) is 7.35. The second-order valence-electron chi connectivity index (χ2n) is 5.70. The van der Waals surface area contributed by atoms with Gasteiger partial charge < -0.3 is 4.74 Å². The molecule has 0 spiro atoms. The molecule has 1 aromatic rings. The van der Waals surface area contributed by atoms with Gasteiger partial charge in [0.1, 0.15) is 6.61 Å². The van der Waals surface area contributed by atoms with Gasteiger partial charge in [-0.1, -0.05) is 30.3 Å². The molecular weight excluding hydrogens is 304 g/mol. The molecule has 2 rings (SSSR count). The number of esters is 1. The highest BCUT2D eigenvalue weighted by Gasteiger charge is 2.24. The zero-order chi connectivity index (χ0) is 16.0. The molecule has 1 aromatic carbocycles. The van der Waals surface area contributed by atoms with E-state index in [1.54, 1.807) is 0 Å². The van der Waals surface area contributed by atoms with Gasteiger partial charge in [0.05, 0.1) is 12.3 Å². The number of ether oxygens (including phenoxy) is 1. The number of rotatable bonds is 6. The number of likely N-dealkylation sites (tertiary alicyclic amines) is 1. The number of hydrogen-bond acceptors (Lipinski definition) is 5. The highest BCUT2D eigenvalue weighted by molar-refractivity contribution is 7.89. The number of primary sulfonamides is 1. The molecule has 0 atom stereocenters. The van der Waals surface area contributed by atoms with Crippen LogP contribution in [0, 0.1) is 5.92 Å². The lowest BCUT2D eigenvalue weighted by Crippen LogP contribution is -2.40. The van der Waals surface area contributed by atoms with E-state index in [9.17, 15) is 13.2 Å². The lowest BCUT2D eigenvalue weighted by Gasteiger charge is -2.30. The van der Waals surface area contributed by atoms with E-state index in [0.717, 1.165) is 18.4 Å². The maximum Gasteiger partial charge on any atom is 0.320 e. The quantitative estimate of drug-likeness (QED) is 0.778. The molecule has 0 amide bonds. The predicted octanol–water partition coefficient (Wildman–Crippen LogP) is 0.730. The average Bonchev–Trinajstić information content (AvgIpc) is 2.47. The van der Waals surface area contributed by atoms with Crippen molar-refractivity contribution in [2.24, 2.45) is 11.1 Å². The number of carbonyl (C=O) groups excluding carboxylic acids is 1. The molecule has 0 aromatic heterocycles. The molecule has 0 saturated carbocycles. The molecule has 1 fully saturated rings. The normalized spacial score (nSPS) is 17.3. The van der Waals surface area contributed by atoms with Crippen molar-refractivity contribution in [3.05, 3.63) is 35.9 Å². The Balaban J connectivity index is 1.68. The van der Waals surface area contributed by atoms with Crippen LogP contribution in [0.3, 0.4) is 0 Å². The van der Waals surface area contributed by atoms with Gasteiger partial charge in [0.15, 0.2) is 0 Å². The summed E-state index contributed by atoms with van der Waals surface area (Å²) in [5.74, 6) is -0.139. The van der Waals surface area contributed by atoms with Crippen molar-refractivity contribution >= 4 is 16.0 Å². The molecule has 6 nitrogen and oxygen atoms in total. The fraction of sp³-hybridized carbons (Fsp3) is 0.533. The molecule has 0 unspecified atom stereocenters. The van der Waals surface area contributed by atoms with E-state index < -0.39 is 10.0 Å². The van der Waals surface area contributed by atoms with Crippen molar-refractivity contribution in [2.75, 3.05) is 25.4 Å².